The van der Waals surface area contributed by atoms with Crippen molar-refractivity contribution in [2.24, 2.45) is 5.92 Å². The predicted octanol–water partition coefficient (Wildman–Crippen LogP) is 3.50. The lowest BCUT2D eigenvalue weighted by Gasteiger charge is -2.38. The van der Waals surface area contributed by atoms with Crippen LogP contribution in [0.3, 0.4) is 0 Å². The van der Waals surface area contributed by atoms with Crippen LogP contribution in [0.2, 0.25) is 0 Å². The highest BCUT2D eigenvalue weighted by molar-refractivity contribution is 5.90. The fourth-order valence-corrected chi connectivity index (χ4v) is 3.96. The van der Waals surface area contributed by atoms with Crippen LogP contribution < -0.4 is 0 Å². The van der Waals surface area contributed by atoms with Gasteiger partial charge in [0.25, 0.3) is 0 Å². The van der Waals surface area contributed by atoms with Gasteiger partial charge in [-0.2, -0.15) is 0 Å². The summed E-state index contributed by atoms with van der Waals surface area (Å²) >= 11 is 0. The van der Waals surface area contributed by atoms with Crippen LogP contribution in [-0.2, 0) is 14.3 Å². The molecule has 0 N–H and O–H groups in total. The number of methoxy groups -OCH3 is 1. The first kappa shape index (κ1) is 15.0. The Kier molecular flexibility index (Phi) is 3.83. The van der Waals surface area contributed by atoms with Crippen molar-refractivity contribution in [2.45, 2.75) is 83.0 Å². The normalized spacial score (nSPS) is 32.2. The standard InChI is InChI=1S/C16H28O3/c1-14(2)11-12(15(3,4)19-14)13(17)16(18-5)9-7-6-8-10-16/h12H,6-11H2,1-5H3. The first-order valence-corrected chi connectivity index (χ1v) is 7.52. The molecule has 2 rings (SSSR count). The molecule has 0 amide bonds. The van der Waals surface area contributed by atoms with Crippen LogP contribution in [0.15, 0.2) is 0 Å². The Morgan fingerprint density at radius 3 is 2.11 bits per heavy atom. The van der Waals surface area contributed by atoms with Gasteiger partial charge < -0.3 is 9.47 Å². The molecule has 1 unspecified atom stereocenters. The van der Waals surface area contributed by atoms with Gasteiger partial charge in [0.05, 0.1) is 17.1 Å². The third-order valence-electron chi connectivity index (χ3n) is 4.89. The SMILES string of the molecule is COC1(C(=O)C2CC(C)(C)OC2(C)C)CCCCC1. The van der Waals surface area contributed by atoms with E-state index in [-0.39, 0.29) is 22.9 Å². The summed E-state index contributed by atoms with van der Waals surface area (Å²) in [7, 11) is 1.69. The molecule has 0 bridgehead atoms. The van der Waals surface area contributed by atoms with E-state index in [9.17, 15) is 4.79 Å². The van der Waals surface area contributed by atoms with Crippen molar-refractivity contribution in [1.82, 2.24) is 0 Å². The monoisotopic (exact) mass is 268 g/mol. The van der Waals surface area contributed by atoms with Gasteiger partial charge >= 0.3 is 0 Å². The van der Waals surface area contributed by atoms with Crippen LogP contribution in [0.5, 0.6) is 0 Å². The molecule has 1 saturated heterocycles. The zero-order valence-electron chi connectivity index (χ0n) is 13.0. The smallest absolute Gasteiger partial charge is 0.170 e. The molecule has 2 aliphatic rings. The number of carbonyl (C=O) groups is 1. The van der Waals surface area contributed by atoms with Crippen LogP contribution >= 0.6 is 0 Å². The molecule has 1 heterocycles. The van der Waals surface area contributed by atoms with Crippen LogP contribution in [0, 0.1) is 5.92 Å². The number of rotatable bonds is 3. The molecule has 1 saturated carbocycles. The highest BCUT2D eigenvalue weighted by Gasteiger charge is 2.54. The predicted molar refractivity (Wildman–Crippen MR) is 75.2 cm³/mol. The molecule has 2 fully saturated rings. The average molecular weight is 268 g/mol. The Balaban J connectivity index is 2.23. The van der Waals surface area contributed by atoms with Gasteiger partial charge in [-0.1, -0.05) is 19.3 Å². The Hall–Kier alpha value is -0.410. The minimum atomic E-state index is -0.552. The van der Waals surface area contributed by atoms with E-state index in [0.29, 0.717) is 0 Å². The molecule has 0 aromatic carbocycles. The third-order valence-corrected chi connectivity index (χ3v) is 4.89. The van der Waals surface area contributed by atoms with E-state index in [1.165, 1.54) is 6.42 Å². The third kappa shape index (κ3) is 2.73. The largest absolute Gasteiger partial charge is 0.370 e. The van der Waals surface area contributed by atoms with Crippen molar-refractivity contribution in [3.05, 3.63) is 0 Å². The number of carbonyl (C=O) groups excluding carboxylic acids is 1. The molecule has 1 aliphatic heterocycles. The van der Waals surface area contributed by atoms with E-state index in [1.807, 2.05) is 13.8 Å². The zero-order valence-corrected chi connectivity index (χ0v) is 13.0. The van der Waals surface area contributed by atoms with E-state index in [4.69, 9.17) is 9.47 Å². The fraction of sp³-hybridized carbons (Fsp3) is 0.938. The second-order valence-electron chi connectivity index (χ2n) is 7.35. The van der Waals surface area contributed by atoms with Crippen molar-refractivity contribution in [3.8, 4) is 0 Å². The number of ketones is 1. The molecule has 0 spiro atoms. The summed E-state index contributed by atoms with van der Waals surface area (Å²) < 4.78 is 11.8. The van der Waals surface area contributed by atoms with Gasteiger partial charge in [0.15, 0.2) is 5.78 Å². The summed E-state index contributed by atoms with van der Waals surface area (Å²) in [5.41, 5.74) is -1.15. The second kappa shape index (κ2) is 4.85. The van der Waals surface area contributed by atoms with Gasteiger partial charge in [-0.15, -0.1) is 0 Å². The summed E-state index contributed by atoms with van der Waals surface area (Å²) in [5, 5.41) is 0. The van der Waals surface area contributed by atoms with E-state index in [0.717, 1.165) is 32.1 Å². The summed E-state index contributed by atoms with van der Waals surface area (Å²) in [6.07, 6.45) is 5.94. The van der Waals surface area contributed by atoms with Gasteiger partial charge in [-0.3, -0.25) is 4.79 Å². The first-order chi connectivity index (χ1) is 8.72. The topological polar surface area (TPSA) is 35.5 Å². The minimum absolute atomic E-state index is 0.0550. The summed E-state index contributed by atoms with van der Waals surface area (Å²) in [4.78, 5) is 13.1. The van der Waals surface area contributed by atoms with E-state index in [1.54, 1.807) is 7.11 Å². The summed E-state index contributed by atoms with van der Waals surface area (Å²) in [6.45, 7) is 8.22. The maximum atomic E-state index is 13.1. The van der Waals surface area contributed by atoms with E-state index >= 15 is 0 Å². The average Bonchev–Trinajstić information content (AvgIpc) is 2.57. The molecule has 1 aliphatic carbocycles. The fourth-order valence-electron chi connectivity index (χ4n) is 3.96. The highest BCUT2D eigenvalue weighted by Crippen LogP contribution is 2.46. The maximum Gasteiger partial charge on any atom is 0.170 e. The highest BCUT2D eigenvalue weighted by atomic mass is 16.5. The van der Waals surface area contributed by atoms with E-state index < -0.39 is 5.60 Å². The summed E-state index contributed by atoms with van der Waals surface area (Å²) in [5.74, 6) is 0.214. The Morgan fingerprint density at radius 1 is 1.11 bits per heavy atom. The van der Waals surface area contributed by atoms with Crippen LogP contribution in [-0.4, -0.2) is 29.7 Å². The van der Waals surface area contributed by atoms with Crippen molar-refractivity contribution in [3.63, 3.8) is 0 Å². The molecule has 0 radical (unpaired) electrons. The molecular formula is C16H28O3. The molecule has 110 valence electrons. The lowest BCUT2D eigenvalue weighted by atomic mass is 9.72. The molecular weight excluding hydrogens is 240 g/mol. The van der Waals surface area contributed by atoms with Gasteiger partial charge in [0.2, 0.25) is 0 Å². The second-order valence-corrected chi connectivity index (χ2v) is 7.35. The van der Waals surface area contributed by atoms with Crippen molar-refractivity contribution in [2.75, 3.05) is 7.11 Å². The van der Waals surface area contributed by atoms with Gasteiger partial charge in [-0.25, -0.2) is 0 Å². The molecule has 0 aromatic rings. The summed E-state index contributed by atoms with van der Waals surface area (Å²) in [6, 6.07) is 0. The van der Waals surface area contributed by atoms with Gasteiger partial charge in [0, 0.05) is 7.11 Å². The quantitative estimate of drug-likeness (QED) is 0.786. The van der Waals surface area contributed by atoms with Crippen molar-refractivity contribution >= 4 is 5.78 Å². The van der Waals surface area contributed by atoms with Crippen molar-refractivity contribution < 1.29 is 14.3 Å². The first-order valence-electron chi connectivity index (χ1n) is 7.52. The maximum absolute atomic E-state index is 13.1. The molecule has 0 aromatic heterocycles. The van der Waals surface area contributed by atoms with Crippen LogP contribution in [0.1, 0.15) is 66.2 Å². The number of hydrogen-bond acceptors (Lipinski definition) is 3. The zero-order chi connectivity index (χ0) is 14.3. The Labute approximate surface area is 117 Å². The molecule has 3 heteroatoms. The number of hydrogen-bond donors (Lipinski definition) is 0. The Morgan fingerprint density at radius 2 is 1.68 bits per heavy atom. The lowest BCUT2D eigenvalue weighted by Crippen LogP contribution is -2.49. The number of Topliss-reactive ketones (excluding diaryl/α,β-unsaturated/α-hetero) is 1. The molecule has 1 atom stereocenters. The molecule has 3 nitrogen and oxygen atoms in total. The van der Waals surface area contributed by atoms with Crippen LogP contribution in [0.4, 0.5) is 0 Å². The number of ether oxygens (including phenoxy) is 2. The van der Waals surface area contributed by atoms with E-state index in [2.05, 4.69) is 13.8 Å². The van der Waals surface area contributed by atoms with Gasteiger partial charge in [0.1, 0.15) is 5.60 Å². The molecule has 19 heavy (non-hydrogen) atoms. The Bertz CT molecular complexity index is 351. The minimum Gasteiger partial charge on any atom is -0.370 e. The van der Waals surface area contributed by atoms with Crippen molar-refractivity contribution in [1.29, 1.82) is 0 Å². The lowest BCUT2D eigenvalue weighted by molar-refractivity contribution is -0.155. The van der Waals surface area contributed by atoms with Gasteiger partial charge in [-0.05, 0) is 47.0 Å². The van der Waals surface area contributed by atoms with Crippen LogP contribution in [0.25, 0.3) is 0 Å².